The third kappa shape index (κ3) is 4.82. The number of Topliss-reactive ketones (excluding diaryl/α,β-unsaturated/α-hetero) is 1. The number of carbonyl (C=O) groups excluding carboxylic acids is 1. The molecule has 0 radical (unpaired) electrons. The summed E-state index contributed by atoms with van der Waals surface area (Å²) >= 11 is 0. The van der Waals surface area contributed by atoms with E-state index in [9.17, 15) is 9.59 Å². The number of hydrogen-bond donors (Lipinski definition) is 0. The molecule has 0 unspecified atom stereocenters. The first-order valence-corrected chi connectivity index (χ1v) is 10.2. The van der Waals surface area contributed by atoms with Gasteiger partial charge in [-0.2, -0.15) is 0 Å². The third-order valence-electron chi connectivity index (χ3n) is 5.05. The number of hydrogen-bond acceptors (Lipinski definition) is 7. The molecule has 0 aliphatic heterocycles. The van der Waals surface area contributed by atoms with Crippen LogP contribution in [-0.4, -0.2) is 26.6 Å². The van der Waals surface area contributed by atoms with E-state index in [2.05, 4.69) is 0 Å². The number of benzene rings is 3. The van der Waals surface area contributed by atoms with Crippen molar-refractivity contribution in [2.24, 2.45) is 0 Å². The highest BCUT2D eigenvalue weighted by molar-refractivity contribution is 5.97. The molecule has 3 aromatic carbocycles. The van der Waals surface area contributed by atoms with Crippen LogP contribution in [0.2, 0.25) is 0 Å². The lowest BCUT2D eigenvalue weighted by Gasteiger charge is -2.10. The van der Waals surface area contributed by atoms with E-state index >= 15 is 0 Å². The van der Waals surface area contributed by atoms with Gasteiger partial charge in [-0.05, 0) is 67.6 Å². The van der Waals surface area contributed by atoms with E-state index in [4.69, 9.17) is 23.4 Å². The zero-order chi connectivity index (χ0) is 23.4. The lowest BCUT2D eigenvalue weighted by molar-refractivity contribution is 0.0921. The Balaban J connectivity index is 1.52. The van der Waals surface area contributed by atoms with Crippen molar-refractivity contribution in [3.05, 3.63) is 88.3 Å². The summed E-state index contributed by atoms with van der Waals surface area (Å²) in [5, 5.41) is 0.345. The fourth-order valence-electron chi connectivity index (χ4n) is 3.25. The molecule has 1 aromatic heterocycles. The van der Waals surface area contributed by atoms with Crippen molar-refractivity contribution in [1.29, 1.82) is 0 Å². The van der Waals surface area contributed by atoms with Crippen molar-refractivity contribution in [3.8, 4) is 28.7 Å². The number of rotatable bonds is 8. The second-order valence-electron chi connectivity index (χ2n) is 7.19. The van der Waals surface area contributed by atoms with Gasteiger partial charge in [-0.25, -0.2) is 0 Å². The molecular weight excluding hydrogens is 424 g/mol. The first kappa shape index (κ1) is 22.0. The number of methoxy groups -OCH3 is 2. The molecule has 7 heteroatoms. The lowest BCUT2D eigenvalue weighted by Crippen LogP contribution is -2.12. The maximum atomic E-state index is 13.0. The van der Waals surface area contributed by atoms with E-state index in [1.807, 2.05) is 0 Å². The normalized spacial score (nSPS) is 10.6. The van der Waals surface area contributed by atoms with Gasteiger partial charge in [-0.15, -0.1) is 0 Å². The number of ether oxygens (including phenoxy) is 4. The Morgan fingerprint density at radius 2 is 1.39 bits per heavy atom. The van der Waals surface area contributed by atoms with Crippen LogP contribution in [0.25, 0.3) is 11.0 Å². The summed E-state index contributed by atoms with van der Waals surface area (Å²) in [6, 6.07) is 18.5. The fourth-order valence-corrected chi connectivity index (χ4v) is 3.25. The first-order chi connectivity index (χ1) is 16.0. The monoisotopic (exact) mass is 446 g/mol. The van der Waals surface area contributed by atoms with Crippen molar-refractivity contribution in [3.63, 3.8) is 0 Å². The molecule has 0 atom stereocenters. The van der Waals surface area contributed by atoms with Crippen LogP contribution in [0.1, 0.15) is 16.1 Å². The summed E-state index contributed by atoms with van der Waals surface area (Å²) in [5.41, 5.74) is 0.554. The first-order valence-electron chi connectivity index (χ1n) is 10.2. The molecule has 0 aliphatic carbocycles. The molecular formula is C26H22O7. The average molecular weight is 446 g/mol. The summed E-state index contributed by atoms with van der Waals surface area (Å²) in [6.45, 7) is 1.50. The van der Waals surface area contributed by atoms with Gasteiger partial charge in [0.2, 0.25) is 11.2 Å². The van der Waals surface area contributed by atoms with Gasteiger partial charge >= 0.3 is 0 Å². The van der Waals surface area contributed by atoms with Gasteiger partial charge in [0.15, 0.2) is 12.4 Å². The quantitative estimate of drug-likeness (QED) is 0.345. The van der Waals surface area contributed by atoms with Gasteiger partial charge < -0.3 is 23.4 Å². The Morgan fingerprint density at radius 1 is 0.818 bits per heavy atom. The van der Waals surface area contributed by atoms with Crippen molar-refractivity contribution in [2.75, 3.05) is 20.8 Å². The van der Waals surface area contributed by atoms with Gasteiger partial charge in [0.1, 0.15) is 34.3 Å². The van der Waals surface area contributed by atoms with Gasteiger partial charge in [0.05, 0.1) is 19.6 Å². The van der Waals surface area contributed by atoms with Crippen LogP contribution in [0, 0.1) is 6.92 Å². The molecule has 0 spiro atoms. The van der Waals surface area contributed by atoms with E-state index < -0.39 is 0 Å². The zero-order valence-electron chi connectivity index (χ0n) is 18.4. The third-order valence-corrected chi connectivity index (χ3v) is 5.05. The zero-order valence-corrected chi connectivity index (χ0v) is 18.4. The molecule has 168 valence electrons. The van der Waals surface area contributed by atoms with Crippen LogP contribution in [0.5, 0.6) is 28.7 Å². The number of aryl methyl sites for hydroxylation is 1. The summed E-state index contributed by atoms with van der Waals surface area (Å²) in [5.74, 6) is 2.51. The van der Waals surface area contributed by atoms with Crippen molar-refractivity contribution < 1.29 is 28.2 Å². The van der Waals surface area contributed by atoms with Gasteiger partial charge in [0, 0.05) is 11.6 Å². The standard InChI is InChI=1S/C26H22O7/c1-16-26(33-20-10-8-19(30-3)9-11-20)25(28)22-13-12-21(14-24(22)32-16)31-15-23(27)17-4-6-18(29-2)7-5-17/h4-14H,15H2,1-3H3. The minimum atomic E-state index is -0.301. The van der Waals surface area contributed by atoms with Crippen molar-refractivity contribution in [1.82, 2.24) is 0 Å². The van der Waals surface area contributed by atoms with Crippen LogP contribution in [-0.2, 0) is 0 Å². The highest BCUT2D eigenvalue weighted by Gasteiger charge is 2.15. The molecule has 0 bridgehead atoms. The molecule has 0 amide bonds. The fraction of sp³-hybridized carbons (Fsp3) is 0.154. The number of carbonyl (C=O) groups is 1. The van der Waals surface area contributed by atoms with Gasteiger partial charge in [0.25, 0.3) is 0 Å². The Bertz CT molecular complexity index is 1340. The molecule has 0 saturated carbocycles. The summed E-state index contributed by atoms with van der Waals surface area (Å²) in [4.78, 5) is 25.4. The van der Waals surface area contributed by atoms with Crippen molar-refractivity contribution >= 4 is 16.8 Å². The maximum absolute atomic E-state index is 13.0. The van der Waals surface area contributed by atoms with Crippen LogP contribution in [0.3, 0.4) is 0 Å². The van der Waals surface area contributed by atoms with E-state index in [-0.39, 0.29) is 23.6 Å². The predicted octanol–water partition coefficient (Wildman–Crippen LogP) is 5.17. The summed E-state index contributed by atoms with van der Waals surface area (Å²) in [6.07, 6.45) is 0. The van der Waals surface area contributed by atoms with Crippen LogP contribution >= 0.6 is 0 Å². The lowest BCUT2D eigenvalue weighted by atomic mass is 10.1. The van der Waals surface area contributed by atoms with E-state index in [1.54, 1.807) is 87.9 Å². The molecule has 4 aromatic rings. The average Bonchev–Trinajstić information content (AvgIpc) is 2.85. The van der Waals surface area contributed by atoms with Gasteiger partial charge in [-0.3, -0.25) is 9.59 Å². The molecule has 0 saturated heterocycles. The molecule has 0 aliphatic rings. The Hall–Kier alpha value is -4.26. The second kappa shape index (κ2) is 9.48. The minimum Gasteiger partial charge on any atom is -0.497 e. The molecule has 0 N–H and O–H groups in total. The summed E-state index contributed by atoms with van der Waals surface area (Å²) < 4.78 is 27.5. The van der Waals surface area contributed by atoms with Crippen molar-refractivity contribution in [2.45, 2.75) is 6.92 Å². The van der Waals surface area contributed by atoms with Gasteiger partial charge in [-0.1, -0.05) is 0 Å². The molecule has 33 heavy (non-hydrogen) atoms. The van der Waals surface area contributed by atoms with E-state index in [0.29, 0.717) is 45.3 Å². The molecule has 0 fully saturated rings. The smallest absolute Gasteiger partial charge is 0.235 e. The Kier molecular flexibility index (Phi) is 6.31. The highest BCUT2D eigenvalue weighted by atomic mass is 16.5. The largest absolute Gasteiger partial charge is 0.497 e. The highest BCUT2D eigenvalue weighted by Crippen LogP contribution is 2.28. The van der Waals surface area contributed by atoms with Crippen LogP contribution in [0.15, 0.2) is 75.9 Å². The predicted molar refractivity (Wildman–Crippen MR) is 123 cm³/mol. The Labute approximate surface area is 190 Å². The van der Waals surface area contributed by atoms with Crippen LogP contribution in [0.4, 0.5) is 0 Å². The SMILES string of the molecule is COc1ccc(Oc2c(C)oc3cc(OCC(=O)c4ccc(OC)cc4)ccc3c2=O)cc1. The van der Waals surface area contributed by atoms with E-state index in [0.717, 1.165) is 0 Å². The summed E-state index contributed by atoms with van der Waals surface area (Å²) in [7, 11) is 3.14. The maximum Gasteiger partial charge on any atom is 0.235 e. The molecule has 1 heterocycles. The number of fused-ring (bicyclic) bond motifs is 1. The topological polar surface area (TPSA) is 84.2 Å². The second-order valence-corrected chi connectivity index (χ2v) is 7.19. The Morgan fingerprint density at radius 3 is 2.03 bits per heavy atom. The van der Waals surface area contributed by atoms with E-state index in [1.165, 1.54) is 0 Å². The van der Waals surface area contributed by atoms with Crippen LogP contribution < -0.4 is 24.4 Å². The minimum absolute atomic E-state index is 0.107. The molecule has 4 rings (SSSR count). The molecule has 7 nitrogen and oxygen atoms in total. The number of ketones is 1.